The van der Waals surface area contributed by atoms with Crippen molar-refractivity contribution in [1.82, 2.24) is 24.8 Å². The molecular weight excluding hydrogens is 310 g/mol. The van der Waals surface area contributed by atoms with Gasteiger partial charge in [-0.05, 0) is 11.4 Å². The Morgan fingerprint density at radius 2 is 2.14 bits per heavy atom. The Kier molecular flexibility index (Phi) is 5.09. The molecule has 2 N–H and O–H groups in total. The van der Waals surface area contributed by atoms with E-state index in [1.807, 2.05) is 13.8 Å². The van der Waals surface area contributed by atoms with Crippen LogP contribution in [0.5, 0.6) is 0 Å². The highest BCUT2D eigenvalue weighted by Crippen LogP contribution is 2.22. The van der Waals surface area contributed by atoms with Gasteiger partial charge in [0.1, 0.15) is 12.2 Å². The lowest BCUT2D eigenvalue weighted by Gasteiger charge is -2.10. The lowest BCUT2D eigenvalue weighted by Crippen LogP contribution is -2.27. The van der Waals surface area contributed by atoms with E-state index in [1.54, 1.807) is 23.1 Å². The largest absolute Gasteiger partial charge is 0.320 e. The minimum Gasteiger partial charge on any atom is -0.320 e. The number of nitrogens with zero attached hydrogens (tertiary/aromatic N) is 3. The van der Waals surface area contributed by atoms with Crippen molar-refractivity contribution in [1.29, 1.82) is 0 Å². The maximum atomic E-state index is 12.4. The Bertz CT molecular complexity index is 690. The summed E-state index contributed by atoms with van der Waals surface area (Å²) in [6.45, 7) is 4.70. The molecular formula is C12H19N5O2S2. The van der Waals surface area contributed by atoms with E-state index in [9.17, 15) is 8.42 Å². The molecule has 21 heavy (non-hydrogen) atoms. The SMILES string of the molecule is CC(C)NCc1sccc1S(=O)(=O)NCc1nncn1C. The molecule has 0 spiro atoms. The van der Waals surface area contributed by atoms with Gasteiger partial charge in [0.25, 0.3) is 0 Å². The second-order valence-electron chi connectivity index (χ2n) is 4.93. The molecule has 0 aliphatic rings. The molecule has 7 nitrogen and oxygen atoms in total. The molecule has 0 bridgehead atoms. The second kappa shape index (κ2) is 6.65. The van der Waals surface area contributed by atoms with Crippen LogP contribution in [0.15, 0.2) is 22.7 Å². The summed E-state index contributed by atoms with van der Waals surface area (Å²) in [6, 6.07) is 1.93. The van der Waals surface area contributed by atoms with Crippen LogP contribution >= 0.6 is 11.3 Å². The van der Waals surface area contributed by atoms with Gasteiger partial charge in [0.15, 0.2) is 0 Å². The van der Waals surface area contributed by atoms with Gasteiger partial charge in [0.05, 0.1) is 11.4 Å². The molecule has 0 saturated carbocycles. The Morgan fingerprint density at radius 3 is 2.76 bits per heavy atom. The highest BCUT2D eigenvalue weighted by Gasteiger charge is 2.20. The predicted molar refractivity (Wildman–Crippen MR) is 81.3 cm³/mol. The highest BCUT2D eigenvalue weighted by molar-refractivity contribution is 7.89. The smallest absolute Gasteiger partial charge is 0.242 e. The standard InChI is InChI=1S/C12H19N5O2S2/c1-9(2)13-6-10-11(4-5-20-10)21(18,19)15-7-12-16-14-8-17(12)3/h4-5,8-9,13,15H,6-7H2,1-3H3. The molecule has 2 rings (SSSR count). The average Bonchev–Trinajstić information content (AvgIpc) is 3.03. The minimum absolute atomic E-state index is 0.117. The van der Waals surface area contributed by atoms with Gasteiger partial charge >= 0.3 is 0 Å². The molecule has 2 aromatic heterocycles. The van der Waals surface area contributed by atoms with Crippen LogP contribution in [0.25, 0.3) is 0 Å². The Labute approximate surface area is 128 Å². The van der Waals surface area contributed by atoms with Gasteiger partial charge in [0.2, 0.25) is 10.0 Å². The minimum atomic E-state index is -3.55. The fourth-order valence-corrected chi connectivity index (χ4v) is 4.07. The van der Waals surface area contributed by atoms with Gasteiger partial charge in [-0.1, -0.05) is 13.8 Å². The number of nitrogens with one attached hydrogen (secondary N) is 2. The Hall–Kier alpha value is -1.29. The van der Waals surface area contributed by atoms with Crippen LogP contribution in [0.1, 0.15) is 24.5 Å². The number of hydrogen-bond acceptors (Lipinski definition) is 6. The van der Waals surface area contributed by atoms with E-state index in [1.165, 1.54) is 17.7 Å². The van der Waals surface area contributed by atoms with Crippen molar-refractivity contribution in [2.75, 3.05) is 0 Å². The number of hydrogen-bond donors (Lipinski definition) is 2. The molecule has 0 aliphatic carbocycles. The van der Waals surface area contributed by atoms with Crippen molar-refractivity contribution in [3.05, 3.63) is 28.5 Å². The molecule has 0 fully saturated rings. The van der Waals surface area contributed by atoms with Crippen molar-refractivity contribution < 1.29 is 8.42 Å². The van der Waals surface area contributed by atoms with Crippen LogP contribution in [0.4, 0.5) is 0 Å². The molecule has 0 aromatic carbocycles. The van der Waals surface area contributed by atoms with Crippen LogP contribution < -0.4 is 10.0 Å². The van der Waals surface area contributed by atoms with Gasteiger partial charge in [-0.2, -0.15) is 0 Å². The predicted octanol–water partition coefficient (Wildman–Crippen LogP) is 0.853. The van der Waals surface area contributed by atoms with Gasteiger partial charge in [-0.15, -0.1) is 21.5 Å². The number of aromatic nitrogens is 3. The molecule has 0 saturated heterocycles. The van der Waals surface area contributed by atoms with E-state index in [-0.39, 0.29) is 6.54 Å². The van der Waals surface area contributed by atoms with E-state index < -0.39 is 10.0 Å². The van der Waals surface area contributed by atoms with Crippen molar-refractivity contribution in [2.24, 2.45) is 7.05 Å². The van der Waals surface area contributed by atoms with Crippen LogP contribution in [0.2, 0.25) is 0 Å². The van der Waals surface area contributed by atoms with Crippen LogP contribution in [0.3, 0.4) is 0 Å². The quantitative estimate of drug-likeness (QED) is 0.786. The first-order chi connectivity index (χ1) is 9.90. The Morgan fingerprint density at radius 1 is 1.38 bits per heavy atom. The van der Waals surface area contributed by atoms with Crippen LogP contribution in [-0.4, -0.2) is 29.2 Å². The molecule has 0 atom stereocenters. The molecule has 2 heterocycles. The summed E-state index contributed by atoms with van der Waals surface area (Å²) in [5, 5.41) is 12.6. The normalized spacial score (nSPS) is 12.2. The summed E-state index contributed by atoms with van der Waals surface area (Å²) in [5.41, 5.74) is 0. The topological polar surface area (TPSA) is 88.9 Å². The van der Waals surface area contributed by atoms with Gasteiger partial charge in [-0.3, -0.25) is 0 Å². The van der Waals surface area contributed by atoms with Crippen molar-refractivity contribution in [3.63, 3.8) is 0 Å². The third-order valence-electron chi connectivity index (χ3n) is 2.89. The first-order valence-electron chi connectivity index (χ1n) is 6.52. The highest BCUT2D eigenvalue weighted by atomic mass is 32.2. The van der Waals surface area contributed by atoms with E-state index in [0.29, 0.717) is 23.3 Å². The van der Waals surface area contributed by atoms with E-state index in [2.05, 4.69) is 20.2 Å². The molecule has 0 aliphatic heterocycles. The number of thiophene rings is 1. The van der Waals surface area contributed by atoms with E-state index in [4.69, 9.17) is 0 Å². The number of sulfonamides is 1. The van der Waals surface area contributed by atoms with Gasteiger partial charge in [-0.25, -0.2) is 13.1 Å². The fraction of sp³-hybridized carbons (Fsp3) is 0.500. The monoisotopic (exact) mass is 329 g/mol. The summed E-state index contributed by atoms with van der Waals surface area (Å²) < 4.78 is 29.0. The first-order valence-corrected chi connectivity index (χ1v) is 8.88. The molecule has 116 valence electrons. The van der Waals surface area contributed by atoms with Gasteiger partial charge < -0.3 is 9.88 Å². The fourth-order valence-electron chi connectivity index (χ4n) is 1.70. The Balaban J connectivity index is 2.09. The lowest BCUT2D eigenvalue weighted by atomic mass is 10.4. The van der Waals surface area contributed by atoms with Crippen LogP contribution in [0, 0.1) is 0 Å². The van der Waals surface area contributed by atoms with E-state index >= 15 is 0 Å². The number of aryl methyl sites for hydroxylation is 1. The third-order valence-corrected chi connectivity index (χ3v) is 5.43. The number of rotatable bonds is 7. The van der Waals surface area contributed by atoms with Crippen molar-refractivity contribution in [3.8, 4) is 0 Å². The average molecular weight is 329 g/mol. The summed E-state index contributed by atoms with van der Waals surface area (Å²) >= 11 is 1.43. The zero-order valence-corrected chi connectivity index (χ0v) is 13.8. The molecule has 2 aromatic rings. The maximum Gasteiger partial charge on any atom is 0.242 e. The second-order valence-corrected chi connectivity index (χ2v) is 7.66. The van der Waals surface area contributed by atoms with Crippen molar-refractivity contribution in [2.45, 2.75) is 37.9 Å². The third kappa shape index (κ3) is 4.10. The zero-order valence-electron chi connectivity index (χ0n) is 12.2. The summed E-state index contributed by atoms with van der Waals surface area (Å²) in [7, 11) is -1.78. The summed E-state index contributed by atoms with van der Waals surface area (Å²) in [4.78, 5) is 1.12. The maximum absolute atomic E-state index is 12.4. The first kappa shape index (κ1) is 16.1. The van der Waals surface area contributed by atoms with Gasteiger partial charge in [0, 0.05) is 24.5 Å². The summed E-state index contributed by atoms with van der Waals surface area (Å²) in [6.07, 6.45) is 1.53. The molecule has 0 radical (unpaired) electrons. The zero-order chi connectivity index (χ0) is 15.5. The van der Waals surface area contributed by atoms with E-state index in [0.717, 1.165) is 4.88 Å². The lowest BCUT2D eigenvalue weighted by molar-refractivity contribution is 0.569. The van der Waals surface area contributed by atoms with Crippen molar-refractivity contribution >= 4 is 21.4 Å². The molecule has 0 unspecified atom stereocenters. The molecule has 0 amide bonds. The van der Waals surface area contributed by atoms with Crippen LogP contribution in [-0.2, 0) is 30.2 Å². The molecule has 9 heteroatoms. The summed E-state index contributed by atoms with van der Waals surface area (Å²) in [5.74, 6) is 0.565.